The third kappa shape index (κ3) is 5.39. The molecule has 5 nitrogen and oxygen atoms in total. The summed E-state index contributed by atoms with van der Waals surface area (Å²) in [6.45, 7) is 11.0. The number of ether oxygens (including phenoxy) is 2. The van der Waals surface area contributed by atoms with Gasteiger partial charge >= 0.3 is 0 Å². The second-order valence-corrected chi connectivity index (χ2v) is 7.54. The average molecular weight is 385 g/mol. The minimum atomic E-state index is -0.214. The average Bonchev–Trinajstić information content (AvgIpc) is 2.45. The van der Waals surface area contributed by atoms with Crippen LogP contribution >= 0.6 is 15.9 Å². The van der Waals surface area contributed by atoms with Crippen LogP contribution in [0.5, 0.6) is 11.5 Å². The molecule has 1 amide bonds. The molecular weight excluding hydrogens is 360 g/mol. The fourth-order valence-electron chi connectivity index (χ4n) is 2.41. The Bertz CT molecular complexity index is 570. The van der Waals surface area contributed by atoms with Crippen molar-refractivity contribution < 1.29 is 14.3 Å². The number of fused-ring (bicyclic) bond motifs is 1. The summed E-state index contributed by atoms with van der Waals surface area (Å²) >= 11 is 3.59. The molecule has 6 heteroatoms. The molecule has 0 spiro atoms. The lowest BCUT2D eigenvalue weighted by atomic mass is 10.1. The van der Waals surface area contributed by atoms with Gasteiger partial charge < -0.3 is 14.8 Å². The van der Waals surface area contributed by atoms with Crippen molar-refractivity contribution in [1.29, 1.82) is 0 Å². The first-order valence-electron chi connectivity index (χ1n) is 7.90. The van der Waals surface area contributed by atoms with Gasteiger partial charge in [0.25, 0.3) is 0 Å². The molecule has 1 aromatic rings. The third-order valence-electron chi connectivity index (χ3n) is 3.43. The van der Waals surface area contributed by atoms with Crippen LogP contribution in [0.2, 0.25) is 0 Å². The molecule has 0 saturated carbocycles. The van der Waals surface area contributed by atoms with Gasteiger partial charge in [-0.05, 0) is 45.0 Å². The Morgan fingerprint density at radius 2 is 1.87 bits per heavy atom. The standard InChI is InChI=1S/C17H25BrN2O3/c1-5-20(11-16(21)19-17(2,3)4)10-12-8-14-15(9-13(12)18)23-7-6-22-14/h8-9H,5-7,10-11H2,1-4H3,(H,19,21). The number of halogens is 1. The van der Waals surface area contributed by atoms with Gasteiger partial charge in [0.1, 0.15) is 13.2 Å². The van der Waals surface area contributed by atoms with Crippen molar-refractivity contribution in [3.63, 3.8) is 0 Å². The van der Waals surface area contributed by atoms with Crippen LogP contribution in [0.1, 0.15) is 33.3 Å². The van der Waals surface area contributed by atoms with Crippen LogP contribution < -0.4 is 14.8 Å². The van der Waals surface area contributed by atoms with Crippen molar-refractivity contribution in [3.05, 3.63) is 22.2 Å². The Morgan fingerprint density at radius 1 is 1.26 bits per heavy atom. The van der Waals surface area contributed by atoms with Crippen LogP contribution in [0.15, 0.2) is 16.6 Å². The van der Waals surface area contributed by atoms with E-state index < -0.39 is 0 Å². The van der Waals surface area contributed by atoms with Crippen LogP contribution in [-0.4, -0.2) is 42.6 Å². The molecule has 0 aromatic heterocycles. The normalized spacial score (nSPS) is 14.0. The third-order valence-corrected chi connectivity index (χ3v) is 4.17. The highest BCUT2D eigenvalue weighted by molar-refractivity contribution is 9.10. The molecule has 0 radical (unpaired) electrons. The Hall–Kier alpha value is -1.27. The molecule has 1 heterocycles. The number of hydrogen-bond donors (Lipinski definition) is 1. The van der Waals surface area contributed by atoms with Gasteiger partial charge in [0.05, 0.1) is 6.54 Å². The molecule has 0 atom stereocenters. The van der Waals surface area contributed by atoms with Crippen LogP contribution in [0.4, 0.5) is 0 Å². The van der Waals surface area contributed by atoms with Gasteiger partial charge in [0.2, 0.25) is 5.91 Å². The van der Waals surface area contributed by atoms with E-state index >= 15 is 0 Å². The molecule has 2 rings (SSSR count). The number of carbonyl (C=O) groups excluding carboxylic acids is 1. The number of carbonyl (C=O) groups is 1. The summed E-state index contributed by atoms with van der Waals surface area (Å²) in [4.78, 5) is 14.2. The van der Waals surface area contributed by atoms with Crippen LogP contribution in [0, 0.1) is 0 Å². The number of hydrogen-bond acceptors (Lipinski definition) is 4. The smallest absolute Gasteiger partial charge is 0.234 e. The minimum Gasteiger partial charge on any atom is -0.486 e. The molecule has 0 fully saturated rings. The summed E-state index contributed by atoms with van der Waals surface area (Å²) in [5, 5.41) is 3.00. The molecule has 23 heavy (non-hydrogen) atoms. The number of benzene rings is 1. The number of rotatable bonds is 5. The zero-order chi connectivity index (χ0) is 17.0. The lowest BCUT2D eigenvalue weighted by Crippen LogP contribution is -2.45. The van der Waals surface area contributed by atoms with Gasteiger partial charge in [0, 0.05) is 16.6 Å². The molecule has 0 unspecified atom stereocenters. The van der Waals surface area contributed by atoms with E-state index in [1.54, 1.807) is 0 Å². The lowest BCUT2D eigenvalue weighted by molar-refractivity contribution is -0.123. The van der Waals surface area contributed by atoms with E-state index in [4.69, 9.17) is 9.47 Å². The summed E-state index contributed by atoms with van der Waals surface area (Å²) in [6, 6.07) is 3.93. The van der Waals surface area contributed by atoms with Crippen LogP contribution in [-0.2, 0) is 11.3 Å². The molecule has 0 bridgehead atoms. The molecule has 0 saturated heterocycles. The number of nitrogens with zero attached hydrogens (tertiary/aromatic N) is 1. The Kier molecular flexibility index (Phi) is 5.92. The summed E-state index contributed by atoms with van der Waals surface area (Å²) in [7, 11) is 0. The van der Waals surface area contributed by atoms with Crippen molar-refractivity contribution in [3.8, 4) is 11.5 Å². The maximum Gasteiger partial charge on any atom is 0.234 e. The summed E-state index contributed by atoms with van der Waals surface area (Å²) in [5.41, 5.74) is 0.869. The first-order chi connectivity index (χ1) is 10.8. The van der Waals surface area contributed by atoms with Gasteiger partial charge in [-0.1, -0.05) is 22.9 Å². The Balaban J connectivity index is 2.05. The Morgan fingerprint density at radius 3 is 2.43 bits per heavy atom. The van der Waals surface area contributed by atoms with Gasteiger partial charge in [-0.3, -0.25) is 9.69 Å². The topological polar surface area (TPSA) is 50.8 Å². The highest BCUT2D eigenvalue weighted by atomic mass is 79.9. The van der Waals surface area contributed by atoms with Gasteiger partial charge in [-0.2, -0.15) is 0 Å². The molecule has 1 aliphatic rings. The van der Waals surface area contributed by atoms with E-state index in [0.29, 0.717) is 26.3 Å². The van der Waals surface area contributed by atoms with Crippen LogP contribution in [0.25, 0.3) is 0 Å². The molecule has 0 aliphatic carbocycles. The highest BCUT2D eigenvalue weighted by Gasteiger charge is 2.19. The zero-order valence-electron chi connectivity index (χ0n) is 14.2. The van der Waals surface area contributed by atoms with E-state index in [9.17, 15) is 4.79 Å². The number of likely N-dealkylation sites (N-methyl/N-ethyl adjacent to an activating group) is 1. The minimum absolute atomic E-state index is 0.0352. The second-order valence-electron chi connectivity index (χ2n) is 6.69. The van der Waals surface area contributed by atoms with E-state index in [0.717, 1.165) is 28.1 Å². The molecular formula is C17H25BrN2O3. The summed E-state index contributed by atoms with van der Waals surface area (Å²) in [5.74, 6) is 1.57. The molecule has 128 valence electrons. The summed E-state index contributed by atoms with van der Waals surface area (Å²) in [6.07, 6.45) is 0. The largest absolute Gasteiger partial charge is 0.486 e. The molecule has 1 aromatic carbocycles. The van der Waals surface area contributed by atoms with Gasteiger partial charge in [-0.25, -0.2) is 0 Å². The maximum absolute atomic E-state index is 12.1. The summed E-state index contributed by atoms with van der Waals surface area (Å²) < 4.78 is 12.2. The lowest BCUT2D eigenvalue weighted by Gasteiger charge is -2.26. The molecule has 1 aliphatic heterocycles. The first-order valence-corrected chi connectivity index (χ1v) is 8.69. The van der Waals surface area contributed by atoms with E-state index in [1.165, 1.54) is 0 Å². The first kappa shape index (κ1) is 18.1. The maximum atomic E-state index is 12.1. The quantitative estimate of drug-likeness (QED) is 0.847. The van der Waals surface area contributed by atoms with E-state index in [2.05, 4.69) is 33.1 Å². The van der Waals surface area contributed by atoms with Crippen molar-refractivity contribution in [2.45, 2.75) is 39.8 Å². The van der Waals surface area contributed by atoms with Gasteiger partial charge in [-0.15, -0.1) is 0 Å². The monoisotopic (exact) mass is 384 g/mol. The highest BCUT2D eigenvalue weighted by Crippen LogP contribution is 2.35. The fraction of sp³-hybridized carbons (Fsp3) is 0.588. The van der Waals surface area contributed by atoms with Crippen molar-refractivity contribution >= 4 is 21.8 Å². The molecule has 1 N–H and O–H groups in total. The fourth-order valence-corrected chi connectivity index (χ4v) is 2.86. The zero-order valence-corrected chi connectivity index (χ0v) is 15.8. The van der Waals surface area contributed by atoms with Crippen LogP contribution in [0.3, 0.4) is 0 Å². The number of amides is 1. The second kappa shape index (κ2) is 7.53. The van der Waals surface area contributed by atoms with Gasteiger partial charge in [0.15, 0.2) is 11.5 Å². The van der Waals surface area contributed by atoms with E-state index in [1.807, 2.05) is 32.9 Å². The van der Waals surface area contributed by atoms with Crippen molar-refractivity contribution in [1.82, 2.24) is 10.2 Å². The Labute approximate surface area is 146 Å². The number of nitrogens with one attached hydrogen (secondary N) is 1. The SMILES string of the molecule is CCN(CC(=O)NC(C)(C)C)Cc1cc2c(cc1Br)OCCO2. The van der Waals surface area contributed by atoms with E-state index in [-0.39, 0.29) is 11.4 Å². The predicted molar refractivity (Wildman–Crippen MR) is 94.0 cm³/mol. The predicted octanol–water partition coefficient (Wildman–Crippen LogP) is 2.96. The van der Waals surface area contributed by atoms with Crippen molar-refractivity contribution in [2.24, 2.45) is 0 Å². The van der Waals surface area contributed by atoms with Crippen molar-refractivity contribution in [2.75, 3.05) is 26.3 Å².